The van der Waals surface area contributed by atoms with Gasteiger partial charge in [-0.2, -0.15) is 0 Å². The summed E-state index contributed by atoms with van der Waals surface area (Å²) in [6, 6.07) is -0.614. The van der Waals surface area contributed by atoms with Crippen LogP contribution in [0.25, 0.3) is 10.2 Å². The van der Waals surface area contributed by atoms with Gasteiger partial charge in [-0.15, -0.1) is 11.3 Å². The predicted octanol–water partition coefficient (Wildman–Crippen LogP) is 0.563. The number of H-pyrrole nitrogens is 1. The quantitative estimate of drug-likeness (QED) is 0.837. The minimum Gasteiger partial charge on any atom is -0.368 e. The van der Waals surface area contributed by atoms with E-state index in [1.807, 2.05) is 0 Å². The highest BCUT2D eigenvalue weighted by molar-refractivity contribution is 7.18. The molecule has 1 aliphatic heterocycles. The van der Waals surface area contributed by atoms with E-state index in [9.17, 15) is 14.4 Å². The first-order chi connectivity index (χ1) is 11.1. The van der Waals surface area contributed by atoms with Gasteiger partial charge in [-0.25, -0.2) is 4.98 Å². The second-order valence-electron chi connectivity index (χ2n) is 6.01. The van der Waals surface area contributed by atoms with Crippen LogP contribution in [0.5, 0.6) is 0 Å². The number of hydrogen-bond donors (Lipinski definition) is 2. The fourth-order valence-electron chi connectivity index (χ4n) is 3.55. The van der Waals surface area contributed by atoms with E-state index in [-0.39, 0.29) is 11.4 Å². The molecule has 0 unspecified atom stereocenters. The maximum atomic E-state index is 12.6. The molecule has 23 heavy (non-hydrogen) atoms. The minimum absolute atomic E-state index is 0.00410. The Balaban J connectivity index is 1.76. The van der Waals surface area contributed by atoms with Crippen molar-refractivity contribution in [3.63, 3.8) is 0 Å². The second-order valence-corrected chi connectivity index (χ2v) is 7.09. The van der Waals surface area contributed by atoms with E-state index in [0.717, 1.165) is 31.2 Å². The Bertz CT molecular complexity index is 885. The zero-order valence-corrected chi connectivity index (χ0v) is 13.2. The fourth-order valence-corrected chi connectivity index (χ4v) is 4.81. The largest absolute Gasteiger partial charge is 0.368 e. The van der Waals surface area contributed by atoms with Crippen molar-refractivity contribution < 1.29 is 9.59 Å². The van der Waals surface area contributed by atoms with Crippen LogP contribution >= 0.6 is 11.3 Å². The van der Waals surface area contributed by atoms with Gasteiger partial charge in [0, 0.05) is 11.4 Å². The first-order valence-corrected chi connectivity index (χ1v) is 8.53. The Morgan fingerprint density at radius 2 is 2.13 bits per heavy atom. The average molecular weight is 332 g/mol. The number of primary amides is 1. The summed E-state index contributed by atoms with van der Waals surface area (Å²) in [6.45, 7) is 0.454. The molecule has 4 rings (SSSR count). The minimum atomic E-state index is -0.614. The fraction of sp³-hybridized carbons (Fsp3) is 0.467. The summed E-state index contributed by atoms with van der Waals surface area (Å²) in [5, 5.41) is 0.618. The molecule has 0 radical (unpaired) electrons. The van der Waals surface area contributed by atoms with Crippen LogP contribution in [0.3, 0.4) is 0 Å². The molecule has 1 atom stereocenters. The highest BCUT2D eigenvalue weighted by atomic mass is 32.1. The molecule has 2 amide bonds. The number of rotatable bonds is 2. The lowest BCUT2D eigenvalue weighted by Gasteiger charge is -2.21. The molecule has 1 saturated heterocycles. The number of aryl methyl sites for hydroxylation is 2. The van der Waals surface area contributed by atoms with Crippen LogP contribution in [0, 0.1) is 0 Å². The van der Waals surface area contributed by atoms with Gasteiger partial charge in [0.15, 0.2) is 0 Å². The van der Waals surface area contributed by atoms with Crippen LogP contribution in [0.4, 0.5) is 0 Å². The van der Waals surface area contributed by atoms with Gasteiger partial charge in [-0.3, -0.25) is 14.4 Å². The topological polar surface area (TPSA) is 109 Å². The summed E-state index contributed by atoms with van der Waals surface area (Å²) in [7, 11) is 0. The highest BCUT2D eigenvalue weighted by Crippen LogP contribution is 2.34. The van der Waals surface area contributed by atoms with Gasteiger partial charge in [-0.1, -0.05) is 0 Å². The Kier molecular flexibility index (Phi) is 3.22. The molecule has 2 aromatic rings. The molecule has 3 N–H and O–H groups in total. The molecular formula is C15H16N4O3S. The Morgan fingerprint density at radius 3 is 2.91 bits per heavy atom. The number of nitrogens with one attached hydrogen (secondary N) is 1. The summed E-state index contributed by atoms with van der Waals surface area (Å²) in [5.74, 6) is -0.955. The molecule has 1 aliphatic carbocycles. The van der Waals surface area contributed by atoms with Crippen LogP contribution in [0.2, 0.25) is 0 Å². The van der Waals surface area contributed by atoms with E-state index in [2.05, 4.69) is 9.97 Å². The number of amides is 2. The molecule has 8 heteroatoms. The molecule has 0 saturated carbocycles. The SMILES string of the molecule is NC(=O)[C@@H]1CCCN1C(=O)c1nc2sc3c(c2c(=O)[nH]1)CCC3. The van der Waals surface area contributed by atoms with Gasteiger partial charge in [0.1, 0.15) is 10.9 Å². The Labute approximate surface area is 135 Å². The smallest absolute Gasteiger partial charge is 0.290 e. The zero-order valence-electron chi connectivity index (χ0n) is 12.4. The van der Waals surface area contributed by atoms with Crippen LogP contribution in [-0.2, 0) is 17.6 Å². The zero-order chi connectivity index (χ0) is 16.1. The molecule has 1 fully saturated rings. The summed E-state index contributed by atoms with van der Waals surface area (Å²) in [4.78, 5) is 46.7. The number of aromatic nitrogens is 2. The lowest BCUT2D eigenvalue weighted by atomic mass is 10.2. The monoisotopic (exact) mass is 332 g/mol. The molecule has 2 aromatic heterocycles. The molecule has 120 valence electrons. The van der Waals surface area contributed by atoms with Gasteiger partial charge in [0.2, 0.25) is 11.7 Å². The van der Waals surface area contributed by atoms with Crippen molar-refractivity contribution in [1.29, 1.82) is 0 Å². The van der Waals surface area contributed by atoms with E-state index in [0.29, 0.717) is 23.2 Å². The van der Waals surface area contributed by atoms with Gasteiger partial charge in [0.25, 0.3) is 11.5 Å². The lowest BCUT2D eigenvalue weighted by molar-refractivity contribution is -0.121. The normalized spacial score (nSPS) is 20.2. The maximum Gasteiger partial charge on any atom is 0.290 e. The number of nitrogens with two attached hydrogens (primary N) is 1. The summed E-state index contributed by atoms with van der Waals surface area (Å²) in [5.41, 5.74) is 6.16. The standard InChI is InChI=1S/C15H16N4O3S/c16-11(20)8-4-2-6-19(8)15(22)12-17-13(21)10-7-3-1-5-9(7)23-14(10)18-12/h8H,1-6H2,(H2,16,20)(H,17,18,21)/t8-/m0/s1. The first-order valence-electron chi connectivity index (χ1n) is 7.71. The molecular weight excluding hydrogens is 316 g/mol. The number of nitrogens with zero attached hydrogens (tertiary/aromatic N) is 2. The summed E-state index contributed by atoms with van der Waals surface area (Å²) in [6.07, 6.45) is 4.20. The molecule has 3 heterocycles. The van der Waals surface area contributed by atoms with E-state index < -0.39 is 17.9 Å². The molecule has 2 aliphatic rings. The third kappa shape index (κ3) is 2.16. The van der Waals surface area contributed by atoms with E-state index in [4.69, 9.17) is 5.73 Å². The van der Waals surface area contributed by atoms with Crippen molar-refractivity contribution in [3.8, 4) is 0 Å². The van der Waals surface area contributed by atoms with Crippen molar-refractivity contribution in [2.75, 3.05) is 6.54 Å². The van der Waals surface area contributed by atoms with Gasteiger partial charge < -0.3 is 15.6 Å². The number of aromatic amines is 1. The van der Waals surface area contributed by atoms with Crippen molar-refractivity contribution in [2.24, 2.45) is 5.73 Å². The summed E-state index contributed by atoms with van der Waals surface area (Å²) < 4.78 is 0. The van der Waals surface area contributed by atoms with Crippen LogP contribution in [-0.4, -0.2) is 39.3 Å². The number of thiophene rings is 1. The van der Waals surface area contributed by atoms with Crippen LogP contribution in [0.15, 0.2) is 4.79 Å². The van der Waals surface area contributed by atoms with Crippen molar-refractivity contribution >= 4 is 33.4 Å². The predicted molar refractivity (Wildman–Crippen MR) is 85.5 cm³/mol. The van der Waals surface area contributed by atoms with Crippen molar-refractivity contribution in [2.45, 2.75) is 38.1 Å². The highest BCUT2D eigenvalue weighted by Gasteiger charge is 2.34. The van der Waals surface area contributed by atoms with Crippen LogP contribution in [0.1, 0.15) is 40.3 Å². The lowest BCUT2D eigenvalue weighted by Crippen LogP contribution is -2.44. The van der Waals surface area contributed by atoms with Gasteiger partial charge >= 0.3 is 0 Å². The molecule has 0 aromatic carbocycles. The third-order valence-corrected chi connectivity index (χ3v) is 5.81. The van der Waals surface area contributed by atoms with E-state index >= 15 is 0 Å². The second kappa shape index (κ2) is 5.16. The number of carbonyl (C=O) groups excluding carboxylic acids is 2. The van der Waals surface area contributed by atoms with Gasteiger partial charge in [-0.05, 0) is 37.7 Å². The number of hydrogen-bond acceptors (Lipinski definition) is 5. The Morgan fingerprint density at radius 1 is 1.30 bits per heavy atom. The Hall–Kier alpha value is -2.22. The number of fused-ring (bicyclic) bond motifs is 3. The molecule has 7 nitrogen and oxygen atoms in total. The molecule has 0 bridgehead atoms. The van der Waals surface area contributed by atoms with Crippen molar-refractivity contribution in [3.05, 3.63) is 26.6 Å². The van der Waals surface area contributed by atoms with E-state index in [1.165, 1.54) is 21.1 Å². The van der Waals surface area contributed by atoms with Crippen molar-refractivity contribution in [1.82, 2.24) is 14.9 Å². The van der Waals surface area contributed by atoms with Gasteiger partial charge in [0.05, 0.1) is 5.39 Å². The average Bonchev–Trinajstić information content (AvgIpc) is 3.20. The van der Waals surface area contributed by atoms with E-state index in [1.54, 1.807) is 0 Å². The van der Waals surface area contributed by atoms with Crippen LogP contribution < -0.4 is 11.3 Å². The third-order valence-electron chi connectivity index (χ3n) is 4.62. The number of carbonyl (C=O) groups is 2. The summed E-state index contributed by atoms with van der Waals surface area (Å²) >= 11 is 1.49. The first kappa shape index (κ1) is 14.4. The maximum absolute atomic E-state index is 12.6. The number of likely N-dealkylation sites (tertiary alicyclic amines) is 1. The molecule has 0 spiro atoms.